The number of carbonyl (C=O) groups excluding carboxylic acids is 2. The summed E-state index contributed by atoms with van der Waals surface area (Å²) in [4.78, 5) is 22.5. The van der Waals surface area contributed by atoms with Crippen LogP contribution in [-0.2, 0) is 19.1 Å². The molecule has 0 bridgehead atoms. The number of hydrogen-bond acceptors (Lipinski definition) is 5. The number of carbonyl (C=O) groups is 2. The maximum Gasteiger partial charge on any atom is 0.328 e. The van der Waals surface area contributed by atoms with Gasteiger partial charge in [-0.3, -0.25) is 4.79 Å². The van der Waals surface area contributed by atoms with Crippen LogP contribution in [0.5, 0.6) is 0 Å². The van der Waals surface area contributed by atoms with Gasteiger partial charge in [-0.25, -0.2) is 4.79 Å². The van der Waals surface area contributed by atoms with Crippen LogP contribution in [0, 0.1) is 0 Å². The van der Waals surface area contributed by atoms with Gasteiger partial charge < -0.3 is 14.8 Å². The van der Waals surface area contributed by atoms with Crippen molar-refractivity contribution < 1.29 is 19.1 Å². The second-order valence-corrected chi connectivity index (χ2v) is 4.19. The van der Waals surface area contributed by atoms with Crippen LogP contribution in [0.25, 0.3) is 0 Å². The number of methoxy groups -OCH3 is 1. The molecule has 94 valence electrons. The monoisotopic (exact) mass is 249 g/mol. The molecule has 0 saturated heterocycles. The van der Waals surface area contributed by atoms with Crippen molar-refractivity contribution in [3.63, 3.8) is 0 Å². The number of thioether (sulfide) groups is 1. The summed E-state index contributed by atoms with van der Waals surface area (Å²) in [6, 6.07) is -0.588. The highest BCUT2D eigenvalue weighted by Gasteiger charge is 2.15. The van der Waals surface area contributed by atoms with Crippen molar-refractivity contribution in [3.8, 4) is 0 Å². The number of ether oxygens (including phenoxy) is 2. The van der Waals surface area contributed by atoms with Crippen molar-refractivity contribution in [2.24, 2.45) is 0 Å². The fourth-order valence-electron chi connectivity index (χ4n) is 0.916. The van der Waals surface area contributed by atoms with Crippen molar-refractivity contribution in [1.29, 1.82) is 0 Å². The standard InChI is InChI=1S/C10H19NO4S/c1-4-15-10(13)8(2)11-9(12)7-16-6-5-14-3/h8H,4-7H2,1-3H3,(H,11,12). The molecule has 1 amide bonds. The molecule has 0 radical (unpaired) electrons. The van der Waals surface area contributed by atoms with Gasteiger partial charge in [0.15, 0.2) is 0 Å². The average molecular weight is 249 g/mol. The predicted octanol–water partition coefficient (Wildman–Crippen LogP) is 0.434. The van der Waals surface area contributed by atoms with Gasteiger partial charge in [0, 0.05) is 12.9 Å². The Morgan fingerprint density at radius 1 is 1.44 bits per heavy atom. The Kier molecular flexibility index (Phi) is 9.03. The van der Waals surface area contributed by atoms with E-state index in [2.05, 4.69) is 5.32 Å². The zero-order valence-electron chi connectivity index (χ0n) is 9.95. The molecule has 0 saturated carbocycles. The second kappa shape index (κ2) is 9.47. The lowest BCUT2D eigenvalue weighted by Gasteiger charge is -2.12. The molecule has 0 aromatic heterocycles. The van der Waals surface area contributed by atoms with E-state index in [0.29, 0.717) is 19.0 Å². The Hall–Kier alpha value is -0.750. The Morgan fingerprint density at radius 2 is 2.12 bits per heavy atom. The molecule has 0 rings (SSSR count). The summed E-state index contributed by atoms with van der Waals surface area (Å²) in [5.41, 5.74) is 0. The Morgan fingerprint density at radius 3 is 2.69 bits per heavy atom. The average Bonchev–Trinajstić information content (AvgIpc) is 2.24. The van der Waals surface area contributed by atoms with Crippen LogP contribution in [0.2, 0.25) is 0 Å². The third kappa shape index (κ3) is 7.53. The van der Waals surface area contributed by atoms with Gasteiger partial charge in [0.05, 0.1) is 19.0 Å². The SMILES string of the molecule is CCOC(=O)C(C)NC(=O)CSCCOC. The highest BCUT2D eigenvalue weighted by atomic mass is 32.2. The first-order valence-corrected chi connectivity index (χ1v) is 6.30. The lowest BCUT2D eigenvalue weighted by atomic mass is 10.3. The first-order chi connectivity index (χ1) is 7.61. The summed E-state index contributed by atoms with van der Waals surface area (Å²) in [6.45, 7) is 4.27. The summed E-state index contributed by atoms with van der Waals surface area (Å²) in [7, 11) is 1.61. The molecule has 1 unspecified atom stereocenters. The third-order valence-corrected chi connectivity index (χ3v) is 2.60. The molecule has 6 heteroatoms. The fraction of sp³-hybridized carbons (Fsp3) is 0.800. The molecule has 0 heterocycles. The van der Waals surface area contributed by atoms with Crippen LogP contribution in [0.4, 0.5) is 0 Å². The summed E-state index contributed by atoms with van der Waals surface area (Å²) in [5, 5.41) is 2.57. The molecule has 0 spiro atoms. The number of esters is 1. The number of hydrogen-bond donors (Lipinski definition) is 1. The molecule has 0 aliphatic heterocycles. The number of amides is 1. The first kappa shape index (κ1) is 15.2. The third-order valence-electron chi connectivity index (χ3n) is 1.68. The second-order valence-electron chi connectivity index (χ2n) is 3.09. The van der Waals surface area contributed by atoms with Gasteiger partial charge in [-0.15, -0.1) is 11.8 Å². The van der Waals surface area contributed by atoms with E-state index >= 15 is 0 Å². The zero-order valence-corrected chi connectivity index (χ0v) is 10.8. The number of nitrogens with one attached hydrogen (secondary N) is 1. The molecule has 0 aromatic carbocycles. The van der Waals surface area contributed by atoms with Gasteiger partial charge in [-0.05, 0) is 13.8 Å². The van der Waals surface area contributed by atoms with Crippen molar-refractivity contribution in [2.45, 2.75) is 19.9 Å². The van der Waals surface area contributed by atoms with Gasteiger partial charge in [-0.1, -0.05) is 0 Å². The minimum absolute atomic E-state index is 0.165. The smallest absolute Gasteiger partial charge is 0.328 e. The largest absolute Gasteiger partial charge is 0.464 e. The van der Waals surface area contributed by atoms with Crippen LogP contribution in [0.1, 0.15) is 13.8 Å². The van der Waals surface area contributed by atoms with E-state index in [4.69, 9.17) is 9.47 Å². The van der Waals surface area contributed by atoms with E-state index in [1.165, 1.54) is 11.8 Å². The molecular weight excluding hydrogens is 230 g/mol. The van der Waals surface area contributed by atoms with Crippen LogP contribution in [-0.4, -0.2) is 49.7 Å². The minimum atomic E-state index is -0.588. The molecule has 0 fully saturated rings. The van der Waals surface area contributed by atoms with Crippen molar-refractivity contribution in [2.75, 3.05) is 31.8 Å². The van der Waals surface area contributed by atoms with E-state index < -0.39 is 12.0 Å². The van der Waals surface area contributed by atoms with Gasteiger partial charge in [0.2, 0.25) is 5.91 Å². The highest BCUT2D eigenvalue weighted by Crippen LogP contribution is 1.99. The molecule has 1 N–H and O–H groups in total. The summed E-state index contributed by atoms with van der Waals surface area (Å²) >= 11 is 1.46. The van der Waals surface area contributed by atoms with Gasteiger partial charge in [-0.2, -0.15) is 0 Å². The van der Waals surface area contributed by atoms with Crippen LogP contribution in [0.3, 0.4) is 0 Å². The van der Waals surface area contributed by atoms with Crippen LogP contribution in [0.15, 0.2) is 0 Å². The highest BCUT2D eigenvalue weighted by molar-refractivity contribution is 7.99. The summed E-state index contributed by atoms with van der Waals surface area (Å²) in [5.74, 6) is 0.518. The Labute approximate surface area is 100 Å². The van der Waals surface area contributed by atoms with E-state index in [-0.39, 0.29) is 5.91 Å². The quantitative estimate of drug-likeness (QED) is 0.499. The zero-order chi connectivity index (χ0) is 12.4. The molecule has 1 atom stereocenters. The number of rotatable bonds is 8. The predicted molar refractivity (Wildman–Crippen MR) is 63.4 cm³/mol. The minimum Gasteiger partial charge on any atom is -0.464 e. The van der Waals surface area contributed by atoms with Crippen LogP contribution < -0.4 is 5.32 Å². The maximum atomic E-state index is 11.3. The molecule has 5 nitrogen and oxygen atoms in total. The Bertz CT molecular complexity index is 223. The molecular formula is C10H19NO4S. The Balaban J connectivity index is 3.65. The van der Waals surface area contributed by atoms with Gasteiger partial charge in [0.1, 0.15) is 6.04 Å². The lowest BCUT2D eigenvalue weighted by molar-refractivity contribution is -0.146. The molecule has 0 aliphatic carbocycles. The van der Waals surface area contributed by atoms with Crippen LogP contribution >= 0.6 is 11.8 Å². The van der Waals surface area contributed by atoms with Crippen molar-refractivity contribution >= 4 is 23.6 Å². The summed E-state index contributed by atoms with van der Waals surface area (Å²) in [6.07, 6.45) is 0. The topological polar surface area (TPSA) is 64.6 Å². The fourth-order valence-corrected chi connectivity index (χ4v) is 1.61. The van der Waals surface area contributed by atoms with E-state index in [1.807, 2.05) is 0 Å². The van der Waals surface area contributed by atoms with Gasteiger partial charge >= 0.3 is 5.97 Å². The summed E-state index contributed by atoms with van der Waals surface area (Å²) < 4.78 is 9.62. The van der Waals surface area contributed by atoms with E-state index in [0.717, 1.165) is 5.75 Å². The maximum absolute atomic E-state index is 11.3. The van der Waals surface area contributed by atoms with E-state index in [1.54, 1.807) is 21.0 Å². The first-order valence-electron chi connectivity index (χ1n) is 5.14. The lowest BCUT2D eigenvalue weighted by Crippen LogP contribution is -2.40. The molecule has 0 aliphatic rings. The van der Waals surface area contributed by atoms with Gasteiger partial charge in [0.25, 0.3) is 0 Å². The molecule has 16 heavy (non-hydrogen) atoms. The normalized spacial score (nSPS) is 11.9. The van der Waals surface area contributed by atoms with Crippen molar-refractivity contribution in [1.82, 2.24) is 5.32 Å². The van der Waals surface area contributed by atoms with Crippen molar-refractivity contribution in [3.05, 3.63) is 0 Å². The van der Waals surface area contributed by atoms with E-state index in [9.17, 15) is 9.59 Å². The molecule has 0 aromatic rings.